The topological polar surface area (TPSA) is 38.2 Å². The van der Waals surface area contributed by atoms with Crippen LogP contribution in [0.5, 0.6) is 6.01 Å². The van der Waals surface area contributed by atoms with Gasteiger partial charge in [-0.3, -0.25) is 4.90 Å². The molecule has 160 valence electrons. The normalized spacial score (nSPS) is 21.1. The molecular weight excluding hydrogens is 382 g/mol. The lowest BCUT2D eigenvalue weighted by molar-refractivity contribution is 0.149. The Balaban J connectivity index is 1.11. The predicted molar refractivity (Wildman–Crippen MR) is 124 cm³/mol. The van der Waals surface area contributed by atoms with E-state index in [0.717, 1.165) is 17.8 Å². The molecule has 2 aliphatic rings. The van der Waals surface area contributed by atoms with Crippen molar-refractivity contribution in [2.75, 3.05) is 19.7 Å². The number of hydrogen-bond acceptors (Lipinski definition) is 4. The number of benzene rings is 2. The number of ether oxygens (including phenoxy) is 1. The second-order valence-corrected chi connectivity index (χ2v) is 9.11. The summed E-state index contributed by atoms with van der Waals surface area (Å²) in [6, 6.07) is 20.0. The SMILES string of the molecule is Cc1ccccc1-c1ccnc(OCC2CC(c3ccc(CN4CCCC4)cc3)C2)n1. The highest BCUT2D eigenvalue weighted by Crippen LogP contribution is 2.41. The molecule has 1 aliphatic carbocycles. The Hall–Kier alpha value is -2.72. The van der Waals surface area contributed by atoms with E-state index in [1.165, 1.54) is 55.5 Å². The fourth-order valence-corrected chi connectivity index (χ4v) is 4.85. The fraction of sp³-hybridized carbons (Fsp3) is 0.407. The number of hydrogen-bond donors (Lipinski definition) is 0. The molecule has 5 rings (SSSR count). The van der Waals surface area contributed by atoms with Gasteiger partial charge in [-0.1, -0.05) is 48.5 Å². The smallest absolute Gasteiger partial charge is 0.316 e. The van der Waals surface area contributed by atoms with Crippen molar-refractivity contribution in [3.8, 4) is 17.3 Å². The molecule has 4 heteroatoms. The number of nitrogens with zero attached hydrogens (tertiary/aromatic N) is 3. The first kappa shape index (κ1) is 20.2. The van der Waals surface area contributed by atoms with Gasteiger partial charge >= 0.3 is 6.01 Å². The Kier molecular flexibility index (Phi) is 5.99. The minimum absolute atomic E-state index is 0.482. The summed E-state index contributed by atoms with van der Waals surface area (Å²) < 4.78 is 5.96. The molecule has 3 aromatic rings. The number of rotatable bonds is 7. The molecule has 0 radical (unpaired) electrons. The van der Waals surface area contributed by atoms with Gasteiger partial charge in [0.15, 0.2) is 0 Å². The van der Waals surface area contributed by atoms with Gasteiger partial charge in [0.25, 0.3) is 0 Å². The average Bonchev–Trinajstić information content (AvgIpc) is 3.27. The molecule has 31 heavy (non-hydrogen) atoms. The highest BCUT2D eigenvalue weighted by atomic mass is 16.5. The van der Waals surface area contributed by atoms with Gasteiger partial charge in [0.2, 0.25) is 0 Å². The van der Waals surface area contributed by atoms with Crippen molar-refractivity contribution < 1.29 is 4.74 Å². The fourth-order valence-electron chi connectivity index (χ4n) is 4.85. The summed E-state index contributed by atoms with van der Waals surface area (Å²) in [5.74, 6) is 1.24. The van der Waals surface area contributed by atoms with Crippen molar-refractivity contribution in [3.05, 3.63) is 77.5 Å². The lowest BCUT2D eigenvalue weighted by Gasteiger charge is -2.35. The van der Waals surface area contributed by atoms with Gasteiger partial charge in [-0.2, -0.15) is 4.98 Å². The maximum Gasteiger partial charge on any atom is 0.316 e. The molecule has 1 saturated carbocycles. The highest BCUT2D eigenvalue weighted by Gasteiger charge is 2.31. The van der Waals surface area contributed by atoms with E-state index in [1.54, 1.807) is 6.20 Å². The van der Waals surface area contributed by atoms with Gasteiger partial charge in [0.05, 0.1) is 12.3 Å². The van der Waals surface area contributed by atoms with Gasteiger partial charge in [-0.05, 0) is 80.3 Å². The maximum absolute atomic E-state index is 5.96. The monoisotopic (exact) mass is 413 g/mol. The number of likely N-dealkylation sites (tertiary alicyclic amines) is 1. The van der Waals surface area contributed by atoms with Gasteiger partial charge in [0, 0.05) is 18.3 Å². The standard InChI is InChI=1S/C27H31N3O/c1-20-6-2-3-7-25(20)26-12-13-28-27(29-26)31-19-22-16-24(17-22)23-10-8-21(9-11-23)18-30-14-4-5-15-30/h2-3,6-13,22,24H,4-5,14-19H2,1H3. The van der Waals surface area contributed by atoms with Crippen LogP contribution in [0, 0.1) is 12.8 Å². The summed E-state index contributed by atoms with van der Waals surface area (Å²) in [5, 5.41) is 0. The van der Waals surface area contributed by atoms with Crippen LogP contribution in [0.1, 0.15) is 48.3 Å². The number of aryl methyl sites for hydroxylation is 1. The summed E-state index contributed by atoms with van der Waals surface area (Å²) in [6.45, 7) is 6.41. The van der Waals surface area contributed by atoms with E-state index in [2.05, 4.69) is 58.2 Å². The maximum atomic E-state index is 5.96. The first-order valence-electron chi connectivity index (χ1n) is 11.6. The Morgan fingerprint density at radius 1 is 0.968 bits per heavy atom. The van der Waals surface area contributed by atoms with Crippen molar-refractivity contribution >= 4 is 0 Å². The molecule has 1 aliphatic heterocycles. The van der Waals surface area contributed by atoms with Crippen LogP contribution in [-0.2, 0) is 6.54 Å². The molecule has 2 heterocycles. The lowest BCUT2D eigenvalue weighted by atomic mass is 9.72. The van der Waals surface area contributed by atoms with Crippen molar-refractivity contribution in [1.29, 1.82) is 0 Å². The summed E-state index contributed by atoms with van der Waals surface area (Å²) in [5.41, 5.74) is 6.17. The Labute approximate surface area is 185 Å². The highest BCUT2D eigenvalue weighted by molar-refractivity contribution is 5.63. The van der Waals surface area contributed by atoms with Crippen LogP contribution in [0.15, 0.2) is 60.8 Å². The molecular formula is C27H31N3O. The van der Waals surface area contributed by atoms with E-state index in [0.29, 0.717) is 24.5 Å². The molecule has 1 saturated heterocycles. The van der Waals surface area contributed by atoms with Crippen LogP contribution >= 0.6 is 0 Å². The van der Waals surface area contributed by atoms with Crippen molar-refractivity contribution in [2.24, 2.45) is 5.92 Å². The van der Waals surface area contributed by atoms with E-state index in [-0.39, 0.29) is 0 Å². The van der Waals surface area contributed by atoms with Crippen LogP contribution in [0.3, 0.4) is 0 Å². The van der Waals surface area contributed by atoms with Gasteiger partial charge in [-0.15, -0.1) is 0 Å². The summed E-state index contributed by atoms with van der Waals surface area (Å²) in [4.78, 5) is 11.5. The molecule has 0 unspecified atom stereocenters. The van der Waals surface area contributed by atoms with E-state index in [1.807, 2.05) is 18.2 Å². The zero-order chi connectivity index (χ0) is 21.0. The van der Waals surface area contributed by atoms with Crippen LogP contribution in [0.25, 0.3) is 11.3 Å². The largest absolute Gasteiger partial charge is 0.463 e. The van der Waals surface area contributed by atoms with Crippen molar-refractivity contribution in [2.45, 2.75) is 45.1 Å². The summed E-state index contributed by atoms with van der Waals surface area (Å²) >= 11 is 0. The molecule has 4 nitrogen and oxygen atoms in total. The Morgan fingerprint density at radius 3 is 2.52 bits per heavy atom. The zero-order valence-electron chi connectivity index (χ0n) is 18.3. The van der Waals surface area contributed by atoms with E-state index in [9.17, 15) is 0 Å². The second-order valence-electron chi connectivity index (χ2n) is 9.11. The molecule has 0 amide bonds. The minimum atomic E-state index is 0.482. The Morgan fingerprint density at radius 2 is 1.74 bits per heavy atom. The molecule has 0 N–H and O–H groups in total. The zero-order valence-corrected chi connectivity index (χ0v) is 18.3. The van der Waals surface area contributed by atoms with E-state index < -0.39 is 0 Å². The van der Waals surface area contributed by atoms with Gasteiger partial charge < -0.3 is 4.74 Å². The first-order valence-corrected chi connectivity index (χ1v) is 11.6. The molecule has 2 fully saturated rings. The van der Waals surface area contributed by atoms with Crippen LogP contribution < -0.4 is 4.74 Å². The lowest BCUT2D eigenvalue weighted by Crippen LogP contribution is -2.27. The third-order valence-corrected chi connectivity index (χ3v) is 6.79. The van der Waals surface area contributed by atoms with E-state index in [4.69, 9.17) is 4.74 Å². The minimum Gasteiger partial charge on any atom is -0.463 e. The van der Waals surface area contributed by atoms with Gasteiger partial charge in [0.1, 0.15) is 0 Å². The van der Waals surface area contributed by atoms with Gasteiger partial charge in [-0.25, -0.2) is 4.98 Å². The van der Waals surface area contributed by atoms with Crippen LogP contribution in [0.2, 0.25) is 0 Å². The molecule has 1 aromatic heterocycles. The van der Waals surface area contributed by atoms with Crippen molar-refractivity contribution in [1.82, 2.24) is 14.9 Å². The van der Waals surface area contributed by atoms with Crippen LogP contribution in [0.4, 0.5) is 0 Å². The third-order valence-electron chi connectivity index (χ3n) is 6.79. The molecule has 2 aromatic carbocycles. The quantitative estimate of drug-likeness (QED) is 0.504. The molecule has 0 atom stereocenters. The van der Waals surface area contributed by atoms with Crippen LogP contribution in [-0.4, -0.2) is 34.6 Å². The second kappa shape index (κ2) is 9.19. The molecule has 0 spiro atoms. The first-order chi connectivity index (χ1) is 15.2. The van der Waals surface area contributed by atoms with E-state index >= 15 is 0 Å². The summed E-state index contributed by atoms with van der Waals surface area (Å²) in [6.07, 6.45) is 6.86. The molecule has 0 bridgehead atoms. The number of aromatic nitrogens is 2. The third kappa shape index (κ3) is 4.80. The Bertz CT molecular complexity index is 1000. The predicted octanol–water partition coefficient (Wildman–Crippen LogP) is 5.62. The summed E-state index contributed by atoms with van der Waals surface area (Å²) in [7, 11) is 0. The average molecular weight is 414 g/mol. The van der Waals surface area contributed by atoms with Crippen molar-refractivity contribution in [3.63, 3.8) is 0 Å².